The molecule has 0 heterocycles. The van der Waals surface area contributed by atoms with Gasteiger partial charge in [-0.1, -0.05) is 36.8 Å². The van der Waals surface area contributed by atoms with Crippen molar-refractivity contribution in [3.05, 3.63) is 65.2 Å². The Kier molecular flexibility index (Phi) is 10.3. The van der Waals surface area contributed by atoms with Gasteiger partial charge in [0.2, 0.25) is 5.91 Å². The molecule has 0 aliphatic carbocycles. The summed E-state index contributed by atoms with van der Waals surface area (Å²) in [5, 5.41) is 12.4. The van der Waals surface area contributed by atoms with Crippen molar-refractivity contribution in [2.45, 2.75) is 39.7 Å². The lowest BCUT2D eigenvalue weighted by atomic mass is 9.77. The van der Waals surface area contributed by atoms with Crippen molar-refractivity contribution in [3.63, 3.8) is 0 Å². The quantitative estimate of drug-likeness (QED) is 0.184. The number of hydrogen-bond acceptors (Lipinski definition) is 6. The number of carbonyl (C=O) groups excluding carboxylic acids is 2. The van der Waals surface area contributed by atoms with E-state index < -0.39 is 17.4 Å². The Labute approximate surface area is 195 Å². The van der Waals surface area contributed by atoms with Crippen LogP contribution >= 0.6 is 0 Å². The maximum absolute atomic E-state index is 12.9. The van der Waals surface area contributed by atoms with E-state index in [2.05, 4.69) is 5.32 Å². The van der Waals surface area contributed by atoms with Crippen LogP contribution in [-0.4, -0.2) is 50.2 Å². The largest absolute Gasteiger partial charge is 0.497 e. The van der Waals surface area contributed by atoms with Gasteiger partial charge in [-0.3, -0.25) is 14.8 Å². The van der Waals surface area contributed by atoms with Crippen LogP contribution in [0.3, 0.4) is 0 Å². The first-order chi connectivity index (χ1) is 15.8. The second-order valence-corrected chi connectivity index (χ2v) is 8.25. The SMILES string of the molecule is CCOCOC[C@H](C[C@](C)(Cc1cccc(OC)c1)C(=O)NO)NC(=O)c1ccc(C)cc1. The highest BCUT2D eigenvalue weighted by Gasteiger charge is 2.37. The average molecular weight is 459 g/mol. The summed E-state index contributed by atoms with van der Waals surface area (Å²) < 4.78 is 16.1. The molecule has 0 unspecified atom stereocenters. The maximum atomic E-state index is 12.9. The minimum Gasteiger partial charge on any atom is -0.497 e. The van der Waals surface area contributed by atoms with Gasteiger partial charge < -0.3 is 19.5 Å². The first kappa shape index (κ1) is 26.3. The standard InChI is InChI=1S/C25H34N2O6/c1-5-32-17-33-16-21(26-23(28)20-11-9-18(2)10-12-20)15-25(3,24(29)27-30)14-19-7-6-8-22(13-19)31-4/h6-13,21,30H,5,14-17H2,1-4H3,(H,26,28)(H,27,29)/t21-,25-/m0/s1. The third-order valence-electron chi connectivity index (χ3n) is 5.41. The Morgan fingerprint density at radius 3 is 2.48 bits per heavy atom. The Morgan fingerprint density at radius 1 is 1.12 bits per heavy atom. The fourth-order valence-corrected chi connectivity index (χ4v) is 3.61. The van der Waals surface area contributed by atoms with Crippen LogP contribution in [0.5, 0.6) is 5.75 Å². The summed E-state index contributed by atoms with van der Waals surface area (Å²) in [6.45, 7) is 6.27. The van der Waals surface area contributed by atoms with E-state index in [-0.39, 0.29) is 25.7 Å². The van der Waals surface area contributed by atoms with Crippen LogP contribution in [0.1, 0.15) is 41.8 Å². The summed E-state index contributed by atoms with van der Waals surface area (Å²) in [4.78, 5) is 25.6. The van der Waals surface area contributed by atoms with Crippen LogP contribution in [0, 0.1) is 12.3 Å². The highest BCUT2D eigenvalue weighted by molar-refractivity contribution is 5.94. The molecule has 2 aromatic rings. The van der Waals surface area contributed by atoms with Gasteiger partial charge in [0.25, 0.3) is 5.91 Å². The van der Waals surface area contributed by atoms with Crippen LogP contribution in [0.4, 0.5) is 0 Å². The van der Waals surface area contributed by atoms with Gasteiger partial charge in [0.15, 0.2) is 0 Å². The molecule has 180 valence electrons. The molecular weight excluding hydrogens is 424 g/mol. The van der Waals surface area contributed by atoms with Crippen LogP contribution in [0.15, 0.2) is 48.5 Å². The molecule has 0 saturated heterocycles. The number of methoxy groups -OCH3 is 1. The lowest BCUT2D eigenvalue weighted by Crippen LogP contribution is -2.47. The number of benzene rings is 2. The number of ether oxygens (including phenoxy) is 3. The van der Waals surface area contributed by atoms with Gasteiger partial charge in [0.05, 0.1) is 25.2 Å². The summed E-state index contributed by atoms with van der Waals surface area (Å²) in [5.74, 6) is -0.151. The lowest BCUT2D eigenvalue weighted by molar-refractivity contribution is -0.140. The van der Waals surface area contributed by atoms with Crippen molar-refractivity contribution in [1.29, 1.82) is 0 Å². The average Bonchev–Trinajstić information content (AvgIpc) is 2.81. The summed E-state index contributed by atoms with van der Waals surface area (Å²) in [6, 6.07) is 14.1. The second-order valence-electron chi connectivity index (χ2n) is 8.25. The third kappa shape index (κ3) is 8.16. The molecular formula is C25H34N2O6. The molecule has 2 rings (SSSR count). The number of carbonyl (C=O) groups is 2. The molecule has 2 amide bonds. The van der Waals surface area contributed by atoms with E-state index >= 15 is 0 Å². The monoisotopic (exact) mass is 458 g/mol. The highest BCUT2D eigenvalue weighted by Crippen LogP contribution is 2.30. The number of amides is 2. The molecule has 0 aromatic heterocycles. The van der Waals surface area contributed by atoms with Gasteiger partial charge in [0, 0.05) is 12.2 Å². The van der Waals surface area contributed by atoms with Gasteiger partial charge in [-0.05, 0) is 56.5 Å². The van der Waals surface area contributed by atoms with Crippen molar-refractivity contribution in [2.24, 2.45) is 5.41 Å². The third-order valence-corrected chi connectivity index (χ3v) is 5.41. The molecule has 0 aliphatic rings. The second kappa shape index (κ2) is 12.9. The lowest BCUT2D eigenvalue weighted by Gasteiger charge is -2.32. The van der Waals surface area contributed by atoms with Crippen molar-refractivity contribution >= 4 is 11.8 Å². The molecule has 2 atom stereocenters. The molecule has 0 aliphatic heterocycles. The van der Waals surface area contributed by atoms with E-state index in [0.29, 0.717) is 24.3 Å². The highest BCUT2D eigenvalue weighted by atomic mass is 16.7. The van der Waals surface area contributed by atoms with E-state index in [1.165, 1.54) is 0 Å². The zero-order chi connectivity index (χ0) is 24.3. The molecule has 0 fully saturated rings. The van der Waals surface area contributed by atoms with E-state index in [9.17, 15) is 14.8 Å². The van der Waals surface area contributed by atoms with E-state index in [1.54, 1.807) is 31.6 Å². The van der Waals surface area contributed by atoms with Gasteiger partial charge >= 0.3 is 0 Å². The molecule has 0 bridgehead atoms. The van der Waals surface area contributed by atoms with Gasteiger partial charge in [-0.2, -0.15) is 0 Å². The Bertz CT molecular complexity index is 902. The van der Waals surface area contributed by atoms with Crippen LogP contribution < -0.4 is 15.5 Å². The van der Waals surface area contributed by atoms with Crippen LogP contribution in [0.25, 0.3) is 0 Å². The fourth-order valence-electron chi connectivity index (χ4n) is 3.61. The Balaban J connectivity index is 2.23. The van der Waals surface area contributed by atoms with Gasteiger partial charge in [0.1, 0.15) is 12.5 Å². The smallest absolute Gasteiger partial charge is 0.251 e. The summed E-state index contributed by atoms with van der Waals surface area (Å²) in [5.41, 5.74) is 3.16. The number of aryl methyl sites for hydroxylation is 1. The topological polar surface area (TPSA) is 106 Å². The first-order valence-corrected chi connectivity index (χ1v) is 10.9. The first-order valence-electron chi connectivity index (χ1n) is 10.9. The molecule has 33 heavy (non-hydrogen) atoms. The Hall–Kier alpha value is -2.94. The maximum Gasteiger partial charge on any atom is 0.251 e. The number of hydrogen-bond donors (Lipinski definition) is 3. The van der Waals surface area contributed by atoms with Crippen LogP contribution in [-0.2, 0) is 20.7 Å². The molecule has 0 spiro atoms. The zero-order valence-corrected chi connectivity index (χ0v) is 19.7. The van der Waals surface area contributed by atoms with Crippen molar-refractivity contribution in [3.8, 4) is 5.75 Å². The molecule has 0 radical (unpaired) electrons. The molecule has 3 N–H and O–H groups in total. The van der Waals surface area contributed by atoms with E-state index in [4.69, 9.17) is 14.2 Å². The molecule has 0 saturated carbocycles. The van der Waals surface area contributed by atoms with Gasteiger partial charge in [-0.25, -0.2) is 5.48 Å². The van der Waals surface area contributed by atoms with E-state index in [1.807, 2.05) is 50.2 Å². The number of rotatable bonds is 13. The van der Waals surface area contributed by atoms with Crippen molar-refractivity contribution in [2.75, 3.05) is 27.1 Å². The van der Waals surface area contributed by atoms with E-state index in [0.717, 1.165) is 11.1 Å². The van der Waals surface area contributed by atoms with Crippen molar-refractivity contribution < 1.29 is 29.0 Å². The van der Waals surface area contributed by atoms with Gasteiger partial charge in [-0.15, -0.1) is 0 Å². The minimum atomic E-state index is -1.04. The fraction of sp³-hybridized carbons (Fsp3) is 0.440. The zero-order valence-electron chi connectivity index (χ0n) is 19.7. The predicted molar refractivity (Wildman–Crippen MR) is 124 cm³/mol. The Morgan fingerprint density at radius 2 is 1.85 bits per heavy atom. The molecule has 8 nitrogen and oxygen atoms in total. The van der Waals surface area contributed by atoms with Crippen molar-refractivity contribution in [1.82, 2.24) is 10.8 Å². The summed E-state index contributed by atoms with van der Waals surface area (Å²) in [6.07, 6.45) is 0.541. The number of nitrogens with one attached hydrogen (secondary N) is 2. The predicted octanol–water partition coefficient (Wildman–Crippen LogP) is 3.26. The van der Waals surface area contributed by atoms with Crippen LogP contribution in [0.2, 0.25) is 0 Å². The molecule has 8 heteroatoms. The normalized spacial score (nSPS) is 13.6. The summed E-state index contributed by atoms with van der Waals surface area (Å²) >= 11 is 0. The molecule has 2 aromatic carbocycles. The number of hydroxylamine groups is 1. The minimum absolute atomic E-state index is 0.0756. The summed E-state index contributed by atoms with van der Waals surface area (Å²) in [7, 11) is 1.57.